The van der Waals surface area contributed by atoms with Gasteiger partial charge in [0.15, 0.2) is 11.5 Å². The van der Waals surface area contributed by atoms with E-state index in [1.165, 1.54) is 25.2 Å². The van der Waals surface area contributed by atoms with Crippen LogP contribution in [0.2, 0.25) is 5.02 Å². The van der Waals surface area contributed by atoms with Crippen molar-refractivity contribution in [2.24, 2.45) is 0 Å². The minimum Gasteiger partial charge on any atom is -0.507 e. The normalized spacial score (nSPS) is 17.4. The van der Waals surface area contributed by atoms with Crippen LogP contribution < -0.4 is 14.2 Å². The molecule has 0 spiro atoms. The molecule has 3 rings (SSSR count). The van der Waals surface area contributed by atoms with Crippen molar-refractivity contribution in [3.8, 4) is 17.2 Å². The topological polar surface area (TPSA) is 88.5 Å². The number of aliphatic hydroxyl groups is 1. The molecule has 182 valence electrons. The Balaban J connectivity index is 2.17. The lowest BCUT2D eigenvalue weighted by Crippen LogP contribution is -2.35. The molecule has 1 aliphatic heterocycles. The number of ether oxygens (including phenoxy) is 3. The second-order valence-electron chi connectivity index (χ2n) is 7.99. The average molecular weight is 489 g/mol. The summed E-state index contributed by atoms with van der Waals surface area (Å²) in [6.07, 6.45) is 0. The maximum absolute atomic E-state index is 13.2. The molecule has 0 unspecified atom stereocenters. The number of hydrogen-bond donors (Lipinski definition) is 1. The summed E-state index contributed by atoms with van der Waals surface area (Å²) in [4.78, 5) is 29.6. The van der Waals surface area contributed by atoms with Crippen LogP contribution in [0.3, 0.4) is 0 Å². The maximum atomic E-state index is 13.2. The summed E-state index contributed by atoms with van der Waals surface area (Å²) < 4.78 is 16.2. The van der Waals surface area contributed by atoms with Gasteiger partial charge in [-0.3, -0.25) is 9.59 Å². The van der Waals surface area contributed by atoms with Gasteiger partial charge in [0.2, 0.25) is 0 Å². The molecule has 2 aromatic rings. The molecule has 1 heterocycles. The van der Waals surface area contributed by atoms with Crippen molar-refractivity contribution in [3.63, 3.8) is 0 Å². The molecule has 0 aromatic heterocycles. The van der Waals surface area contributed by atoms with Crippen molar-refractivity contribution in [2.75, 3.05) is 48.0 Å². The van der Waals surface area contributed by atoms with Crippen molar-refractivity contribution >= 4 is 29.1 Å². The van der Waals surface area contributed by atoms with Gasteiger partial charge < -0.3 is 29.1 Å². The fraction of sp³-hybridized carbons (Fsp3) is 0.360. The van der Waals surface area contributed by atoms with Crippen molar-refractivity contribution in [1.29, 1.82) is 0 Å². The standard InChI is InChI=1S/C25H29ClN2O6/c1-6-34-18-9-8-16(13-17(18)26)23(29)21-22(15-7-10-19(32-4)20(14-15)33-5)28(12-11-27(2)3)25(31)24(21)30/h7-10,13-14,22,29H,6,11-12H2,1-5H3/b23-21+/t22-/m1/s1. The molecule has 9 heteroatoms. The van der Waals surface area contributed by atoms with Crippen molar-refractivity contribution in [2.45, 2.75) is 13.0 Å². The number of aliphatic hydroxyl groups excluding tert-OH is 1. The highest BCUT2D eigenvalue weighted by atomic mass is 35.5. The van der Waals surface area contributed by atoms with Gasteiger partial charge in [0.05, 0.1) is 37.5 Å². The van der Waals surface area contributed by atoms with Crippen molar-refractivity contribution < 1.29 is 28.9 Å². The number of carbonyl (C=O) groups is 2. The van der Waals surface area contributed by atoms with Gasteiger partial charge in [0.1, 0.15) is 11.5 Å². The van der Waals surface area contributed by atoms with E-state index in [-0.39, 0.29) is 22.9 Å². The van der Waals surface area contributed by atoms with Gasteiger partial charge in [0, 0.05) is 18.7 Å². The zero-order valence-electron chi connectivity index (χ0n) is 19.9. The molecule has 1 atom stereocenters. The molecule has 34 heavy (non-hydrogen) atoms. The minimum atomic E-state index is -0.815. The predicted octanol–water partition coefficient (Wildman–Crippen LogP) is 3.74. The average Bonchev–Trinajstić information content (AvgIpc) is 3.07. The molecular formula is C25H29ClN2O6. The van der Waals surface area contributed by atoms with Crippen LogP contribution >= 0.6 is 11.6 Å². The maximum Gasteiger partial charge on any atom is 0.295 e. The SMILES string of the molecule is CCOc1ccc(/C(O)=C2\C(=O)C(=O)N(CCN(C)C)[C@@H]2c2ccc(OC)c(OC)c2)cc1Cl. The van der Waals surface area contributed by atoms with Crippen molar-refractivity contribution in [3.05, 3.63) is 58.1 Å². The molecule has 0 saturated carbocycles. The monoisotopic (exact) mass is 488 g/mol. The number of ketones is 1. The van der Waals surface area contributed by atoms with E-state index in [4.69, 9.17) is 25.8 Å². The van der Waals surface area contributed by atoms with Crippen LogP contribution in [0, 0.1) is 0 Å². The number of amides is 1. The number of likely N-dealkylation sites (N-methyl/N-ethyl adjacent to an activating group) is 1. The number of hydrogen-bond acceptors (Lipinski definition) is 7. The van der Waals surface area contributed by atoms with Crippen LogP contribution in [0.15, 0.2) is 42.0 Å². The van der Waals surface area contributed by atoms with Gasteiger partial charge in [-0.2, -0.15) is 0 Å². The summed E-state index contributed by atoms with van der Waals surface area (Å²) in [5.41, 5.74) is 0.898. The molecule has 1 amide bonds. The Kier molecular flexibility index (Phi) is 8.06. The summed E-state index contributed by atoms with van der Waals surface area (Å²) in [6, 6.07) is 9.08. The third-order valence-electron chi connectivity index (χ3n) is 5.56. The van der Waals surface area contributed by atoms with Gasteiger partial charge in [-0.05, 0) is 56.9 Å². The highest BCUT2D eigenvalue weighted by molar-refractivity contribution is 6.46. The van der Waals surface area contributed by atoms with Gasteiger partial charge in [-0.25, -0.2) is 0 Å². The van der Waals surface area contributed by atoms with E-state index in [9.17, 15) is 14.7 Å². The fourth-order valence-electron chi connectivity index (χ4n) is 3.86. The van der Waals surface area contributed by atoms with Crippen LogP contribution in [-0.2, 0) is 9.59 Å². The molecule has 2 aromatic carbocycles. The molecule has 1 aliphatic rings. The van der Waals surface area contributed by atoms with E-state index < -0.39 is 17.7 Å². The quantitative estimate of drug-likeness (QED) is 0.327. The molecule has 8 nitrogen and oxygen atoms in total. The number of nitrogens with zero attached hydrogens (tertiary/aromatic N) is 2. The van der Waals surface area contributed by atoms with E-state index in [0.717, 1.165) is 0 Å². The van der Waals surface area contributed by atoms with E-state index in [2.05, 4.69) is 0 Å². The van der Waals surface area contributed by atoms with Gasteiger partial charge >= 0.3 is 0 Å². The fourth-order valence-corrected chi connectivity index (χ4v) is 4.10. The van der Waals surface area contributed by atoms with Gasteiger partial charge in [-0.1, -0.05) is 17.7 Å². The largest absolute Gasteiger partial charge is 0.507 e. The summed E-state index contributed by atoms with van der Waals surface area (Å²) in [7, 11) is 6.79. The second kappa shape index (κ2) is 10.8. The number of halogens is 1. The van der Waals surface area contributed by atoms with Crippen LogP contribution in [0.1, 0.15) is 24.1 Å². The number of benzene rings is 2. The molecule has 1 N–H and O–H groups in total. The Labute approximate surface area is 204 Å². The Hall–Kier alpha value is -3.23. The highest BCUT2D eigenvalue weighted by Crippen LogP contribution is 2.42. The first-order valence-electron chi connectivity index (χ1n) is 10.8. The molecule has 0 bridgehead atoms. The first-order chi connectivity index (χ1) is 16.2. The summed E-state index contributed by atoms with van der Waals surface area (Å²) >= 11 is 6.31. The molecule has 0 radical (unpaired) electrons. The predicted molar refractivity (Wildman–Crippen MR) is 130 cm³/mol. The molecule has 0 aliphatic carbocycles. The first kappa shape index (κ1) is 25.4. The zero-order valence-corrected chi connectivity index (χ0v) is 20.7. The third-order valence-corrected chi connectivity index (χ3v) is 5.85. The third kappa shape index (κ3) is 4.98. The Bertz CT molecular complexity index is 1110. The number of methoxy groups -OCH3 is 2. The lowest BCUT2D eigenvalue weighted by atomic mass is 9.95. The van der Waals surface area contributed by atoms with Crippen LogP contribution in [-0.4, -0.2) is 74.6 Å². The van der Waals surface area contributed by atoms with Gasteiger partial charge in [0.25, 0.3) is 11.7 Å². The first-order valence-corrected chi connectivity index (χ1v) is 11.2. The van der Waals surface area contributed by atoms with Crippen LogP contribution in [0.4, 0.5) is 0 Å². The number of rotatable bonds is 9. The number of carbonyl (C=O) groups excluding carboxylic acids is 2. The van der Waals surface area contributed by atoms with E-state index in [1.807, 2.05) is 25.9 Å². The zero-order chi connectivity index (χ0) is 25.0. The highest BCUT2D eigenvalue weighted by Gasteiger charge is 2.46. The van der Waals surface area contributed by atoms with Gasteiger partial charge in [-0.15, -0.1) is 0 Å². The van der Waals surface area contributed by atoms with E-state index in [1.54, 1.807) is 30.3 Å². The molecular weight excluding hydrogens is 460 g/mol. The number of Topliss-reactive ketones (excluding diaryl/α,β-unsaturated/α-hetero) is 1. The molecule has 1 fully saturated rings. The van der Waals surface area contributed by atoms with E-state index >= 15 is 0 Å². The Morgan fingerprint density at radius 1 is 1.06 bits per heavy atom. The Morgan fingerprint density at radius 3 is 2.32 bits per heavy atom. The summed E-state index contributed by atoms with van der Waals surface area (Å²) in [6.45, 7) is 3.09. The smallest absolute Gasteiger partial charge is 0.295 e. The Morgan fingerprint density at radius 2 is 1.74 bits per heavy atom. The molecule has 1 saturated heterocycles. The van der Waals surface area contributed by atoms with Crippen LogP contribution in [0.25, 0.3) is 5.76 Å². The second-order valence-corrected chi connectivity index (χ2v) is 8.40. The minimum absolute atomic E-state index is 0.0174. The van der Waals surface area contributed by atoms with Crippen LogP contribution in [0.5, 0.6) is 17.2 Å². The number of likely N-dealkylation sites (tertiary alicyclic amines) is 1. The van der Waals surface area contributed by atoms with Crippen molar-refractivity contribution in [1.82, 2.24) is 9.80 Å². The lowest BCUT2D eigenvalue weighted by molar-refractivity contribution is -0.140. The summed E-state index contributed by atoms with van der Waals surface area (Å²) in [5.74, 6) is -0.336. The summed E-state index contributed by atoms with van der Waals surface area (Å²) in [5, 5.41) is 11.5. The lowest BCUT2D eigenvalue weighted by Gasteiger charge is -2.27. The van der Waals surface area contributed by atoms with E-state index in [0.29, 0.717) is 41.5 Å².